The Morgan fingerprint density at radius 3 is 2.75 bits per heavy atom. The number of hydrogen-bond acceptors (Lipinski definition) is 4. The van der Waals surface area contributed by atoms with Crippen molar-refractivity contribution >= 4 is 5.91 Å². The fourth-order valence-electron chi connectivity index (χ4n) is 2.66. The van der Waals surface area contributed by atoms with Crippen molar-refractivity contribution in [3.8, 4) is 0 Å². The first-order valence-corrected chi connectivity index (χ1v) is 7.22. The number of carbonyl (C=O) groups is 1. The maximum absolute atomic E-state index is 13.8. The molecular formula is C15H13F4N3O2. The number of likely N-dealkylation sites (tertiary alicyclic amines) is 1. The van der Waals surface area contributed by atoms with Crippen LogP contribution in [0.15, 0.2) is 22.7 Å². The van der Waals surface area contributed by atoms with E-state index in [0.717, 1.165) is 0 Å². The lowest BCUT2D eigenvalue weighted by Crippen LogP contribution is -2.29. The van der Waals surface area contributed by atoms with E-state index in [-0.39, 0.29) is 19.0 Å². The minimum atomic E-state index is -4.64. The summed E-state index contributed by atoms with van der Waals surface area (Å²) in [6.07, 6.45) is -4.12. The molecule has 2 aromatic rings. The first-order valence-electron chi connectivity index (χ1n) is 7.22. The molecule has 0 spiro atoms. The number of carbonyl (C=O) groups excluding carboxylic acids is 1. The molecular weight excluding hydrogens is 330 g/mol. The molecule has 1 aromatic carbocycles. The highest BCUT2D eigenvalue weighted by atomic mass is 19.4. The number of aromatic nitrogens is 2. The summed E-state index contributed by atoms with van der Waals surface area (Å²) in [5.74, 6) is -1.14. The minimum absolute atomic E-state index is 0.191. The number of hydrogen-bond donors (Lipinski definition) is 0. The van der Waals surface area contributed by atoms with E-state index in [4.69, 9.17) is 4.52 Å². The van der Waals surface area contributed by atoms with Gasteiger partial charge in [0.1, 0.15) is 5.82 Å². The van der Waals surface area contributed by atoms with Crippen molar-refractivity contribution in [3.63, 3.8) is 0 Å². The Morgan fingerprint density at radius 1 is 1.38 bits per heavy atom. The van der Waals surface area contributed by atoms with Gasteiger partial charge in [-0.15, -0.1) is 0 Å². The average molecular weight is 343 g/mol. The smallest absolute Gasteiger partial charge is 0.339 e. The predicted octanol–water partition coefficient (Wildman–Crippen LogP) is 3.17. The Balaban J connectivity index is 1.80. The summed E-state index contributed by atoms with van der Waals surface area (Å²) in [4.78, 5) is 17.8. The molecule has 0 saturated carbocycles. The summed E-state index contributed by atoms with van der Waals surface area (Å²) < 4.78 is 57.1. The molecule has 128 valence electrons. The first-order chi connectivity index (χ1) is 11.3. The molecule has 1 fully saturated rings. The van der Waals surface area contributed by atoms with Crippen LogP contribution in [0.3, 0.4) is 0 Å². The molecule has 0 unspecified atom stereocenters. The second-order valence-corrected chi connectivity index (χ2v) is 5.61. The molecule has 9 heteroatoms. The molecule has 1 saturated heterocycles. The van der Waals surface area contributed by atoms with E-state index in [1.54, 1.807) is 6.92 Å². The topological polar surface area (TPSA) is 59.2 Å². The van der Waals surface area contributed by atoms with E-state index in [1.807, 2.05) is 0 Å². The Morgan fingerprint density at radius 2 is 2.12 bits per heavy atom. The molecule has 1 aliphatic heterocycles. The van der Waals surface area contributed by atoms with Gasteiger partial charge in [0.05, 0.1) is 17.0 Å². The summed E-state index contributed by atoms with van der Waals surface area (Å²) in [5.41, 5.74) is -1.65. The molecule has 24 heavy (non-hydrogen) atoms. The fraction of sp³-hybridized carbons (Fsp3) is 0.400. The van der Waals surface area contributed by atoms with Gasteiger partial charge < -0.3 is 9.42 Å². The van der Waals surface area contributed by atoms with Crippen LogP contribution in [0.4, 0.5) is 17.6 Å². The van der Waals surface area contributed by atoms with Gasteiger partial charge in [0, 0.05) is 13.1 Å². The largest absolute Gasteiger partial charge is 0.416 e. The number of benzene rings is 1. The van der Waals surface area contributed by atoms with Gasteiger partial charge in [-0.2, -0.15) is 18.2 Å². The standard InChI is InChI=1S/C15H13F4N3O2/c1-8-20-13(24-21-8)9-4-5-22(7-9)14(23)11-6-10(15(17,18)19)2-3-12(11)16/h2-3,6,9H,4-5,7H2,1H3/t9-/m0/s1. The van der Waals surface area contributed by atoms with Crippen molar-refractivity contribution < 1.29 is 26.9 Å². The van der Waals surface area contributed by atoms with Crippen LogP contribution in [-0.4, -0.2) is 34.0 Å². The van der Waals surface area contributed by atoms with Crippen molar-refractivity contribution in [1.29, 1.82) is 0 Å². The van der Waals surface area contributed by atoms with E-state index in [1.165, 1.54) is 4.90 Å². The van der Waals surface area contributed by atoms with Crippen LogP contribution in [0.2, 0.25) is 0 Å². The van der Waals surface area contributed by atoms with Crippen molar-refractivity contribution in [2.24, 2.45) is 0 Å². The second kappa shape index (κ2) is 5.88. The quantitative estimate of drug-likeness (QED) is 0.786. The molecule has 1 aliphatic rings. The molecule has 2 heterocycles. The number of aryl methyl sites for hydroxylation is 1. The number of nitrogens with zero attached hydrogens (tertiary/aromatic N) is 3. The highest BCUT2D eigenvalue weighted by Gasteiger charge is 2.35. The zero-order chi connectivity index (χ0) is 17.5. The van der Waals surface area contributed by atoms with E-state index in [2.05, 4.69) is 10.1 Å². The molecule has 0 aliphatic carbocycles. The molecule has 3 rings (SSSR count). The predicted molar refractivity (Wildman–Crippen MR) is 73.7 cm³/mol. The Labute approximate surface area is 134 Å². The second-order valence-electron chi connectivity index (χ2n) is 5.61. The lowest BCUT2D eigenvalue weighted by molar-refractivity contribution is -0.137. The Kier molecular flexibility index (Phi) is 4.02. The van der Waals surface area contributed by atoms with Crippen LogP contribution in [0.25, 0.3) is 0 Å². The van der Waals surface area contributed by atoms with Crippen LogP contribution in [-0.2, 0) is 6.18 Å². The lowest BCUT2D eigenvalue weighted by Gasteiger charge is -2.17. The Bertz CT molecular complexity index is 772. The third-order valence-corrected chi connectivity index (χ3v) is 3.89. The van der Waals surface area contributed by atoms with E-state index < -0.39 is 29.0 Å². The van der Waals surface area contributed by atoms with Gasteiger partial charge in [-0.1, -0.05) is 5.16 Å². The third-order valence-electron chi connectivity index (χ3n) is 3.89. The fourth-order valence-corrected chi connectivity index (χ4v) is 2.66. The zero-order valence-corrected chi connectivity index (χ0v) is 12.6. The number of rotatable bonds is 2. The normalized spacial score (nSPS) is 18.2. The molecule has 5 nitrogen and oxygen atoms in total. The number of halogens is 4. The van der Waals surface area contributed by atoms with Gasteiger partial charge in [-0.25, -0.2) is 4.39 Å². The van der Waals surface area contributed by atoms with Gasteiger partial charge in [0.2, 0.25) is 5.89 Å². The van der Waals surface area contributed by atoms with Crippen LogP contribution in [0.1, 0.15) is 40.0 Å². The lowest BCUT2D eigenvalue weighted by atomic mass is 10.1. The van der Waals surface area contributed by atoms with Crippen molar-refractivity contribution in [2.45, 2.75) is 25.4 Å². The van der Waals surface area contributed by atoms with Gasteiger partial charge >= 0.3 is 6.18 Å². The SMILES string of the molecule is Cc1noc([C@H]2CCN(C(=O)c3cc(C(F)(F)F)ccc3F)C2)n1. The maximum Gasteiger partial charge on any atom is 0.416 e. The maximum atomic E-state index is 13.8. The highest BCUT2D eigenvalue weighted by molar-refractivity contribution is 5.95. The zero-order valence-electron chi connectivity index (χ0n) is 12.6. The molecule has 0 N–H and O–H groups in total. The van der Waals surface area contributed by atoms with Gasteiger partial charge in [0.25, 0.3) is 5.91 Å². The van der Waals surface area contributed by atoms with Crippen molar-refractivity contribution in [1.82, 2.24) is 15.0 Å². The van der Waals surface area contributed by atoms with Gasteiger partial charge in [-0.05, 0) is 31.5 Å². The Hall–Kier alpha value is -2.45. The summed E-state index contributed by atoms with van der Waals surface area (Å²) >= 11 is 0. The highest BCUT2D eigenvalue weighted by Crippen LogP contribution is 2.32. The van der Waals surface area contributed by atoms with Crippen molar-refractivity contribution in [2.75, 3.05) is 13.1 Å². The van der Waals surface area contributed by atoms with Gasteiger partial charge in [0.15, 0.2) is 5.82 Å². The van der Waals surface area contributed by atoms with E-state index in [0.29, 0.717) is 36.3 Å². The molecule has 0 radical (unpaired) electrons. The molecule has 1 atom stereocenters. The average Bonchev–Trinajstić information content (AvgIpc) is 3.14. The minimum Gasteiger partial charge on any atom is -0.339 e. The van der Waals surface area contributed by atoms with E-state index >= 15 is 0 Å². The van der Waals surface area contributed by atoms with E-state index in [9.17, 15) is 22.4 Å². The molecule has 1 aromatic heterocycles. The number of amides is 1. The molecule has 0 bridgehead atoms. The summed E-state index contributed by atoms with van der Waals surface area (Å²) in [6, 6.07) is 1.81. The van der Waals surface area contributed by atoms with Crippen LogP contribution in [0.5, 0.6) is 0 Å². The number of alkyl halides is 3. The van der Waals surface area contributed by atoms with Crippen molar-refractivity contribution in [3.05, 3.63) is 46.9 Å². The first kappa shape index (κ1) is 16.4. The van der Waals surface area contributed by atoms with Gasteiger partial charge in [-0.3, -0.25) is 4.79 Å². The molecule has 1 amide bonds. The van der Waals surface area contributed by atoms with Crippen LogP contribution < -0.4 is 0 Å². The van der Waals surface area contributed by atoms with Crippen LogP contribution in [0, 0.1) is 12.7 Å². The monoisotopic (exact) mass is 343 g/mol. The summed E-state index contributed by atoms with van der Waals surface area (Å²) in [6.45, 7) is 2.12. The van der Waals surface area contributed by atoms with Crippen LogP contribution >= 0.6 is 0 Å². The summed E-state index contributed by atoms with van der Waals surface area (Å²) in [5, 5.41) is 3.67. The summed E-state index contributed by atoms with van der Waals surface area (Å²) in [7, 11) is 0. The third kappa shape index (κ3) is 3.10.